The van der Waals surface area contributed by atoms with Crippen molar-refractivity contribution in [3.63, 3.8) is 0 Å². The van der Waals surface area contributed by atoms with Crippen LogP contribution in [0.5, 0.6) is 0 Å². The molecule has 1 aromatic heterocycles. The average molecular weight is 461 g/mol. The molecule has 0 aliphatic carbocycles. The largest absolute Gasteiger partial charge is 0.383 e. The van der Waals surface area contributed by atoms with Crippen molar-refractivity contribution in [1.82, 2.24) is 13.9 Å². The van der Waals surface area contributed by atoms with Crippen molar-refractivity contribution < 1.29 is 17.9 Å². The van der Waals surface area contributed by atoms with E-state index in [1.54, 1.807) is 11.5 Å². The first-order valence-corrected chi connectivity index (χ1v) is 11.8. The van der Waals surface area contributed by atoms with Gasteiger partial charge in [0.1, 0.15) is 6.54 Å². The number of rotatable bonds is 10. The first kappa shape index (κ1) is 23.7. The van der Waals surface area contributed by atoms with Crippen LogP contribution in [0.1, 0.15) is 20.3 Å². The van der Waals surface area contributed by atoms with Crippen molar-refractivity contribution in [3.8, 4) is 0 Å². The van der Waals surface area contributed by atoms with Gasteiger partial charge in [-0.3, -0.25) is 13.9 Å². The average Bonchev–Trinajstić information content (AvgIpc) is 3.00. The van der Waals surface area contributed by atoms with E-state index < -0.39 is 10.0 Å². The topological polar surface area (TPSA) is 111 Å². The first-order chi connectivity index (χ1) is 15.3. The van der Waals surface area contributed by atoms with Crippen LogP contribution >= 0.6 is 0 Å². The Morgan fingerprint density at radius 3 is 2.28 bits per heavy atom. The van der Waals surface area contributed by atoms with E-state index in [0.29, 0.717) is 17.7 Å². The minimum absolute atomic E-state index is 0.0808. The number of nitrogens with zero attached hydrogens (tertiary/aromatic N) is 2. The molecule has 0 saturated heterocycles. The summed E-state index contributed by atoms with van der Waals surface area (Å²) in [5.41, 5.74) is 1.68. The van der Waals surface area contributed by atoms with Crippen molar-refractivity contribution in [2.24, 2.45) is 0 Å². The van der Waals surface area contributed by atoms with Gasteiger partial charge >= 0.3 is 5.69 Å². The molecule has 1 unspecified atom stereocenters. The minimum Gasteiger partial charge on any atom is -0.383 e. The molecule has 9 nitrogen and oxygen atoms in total. The molecule has 172 valence electrons. The van der Waals surface area contributed by atoms with Crippen molar-refractivity contribution in [2.75, 3.05) is 19.0 Å². The predicted molar refractivity (Wildman–Crippen MR) is 123 cm³/mol. The van der Waals surface area contributed by atoms with Crippen LogP contribution in [0.25, 0.3) is 11.0 Å². The molecule has 0 saturated carbocycles. The number of hydrogen-bond acceptors (Lipinski definition) is 5. The summed E-state index contributed by atoms with van der Waals surface area (Å²) in [6, 6.07) is 12.8. The highest BCUT2D eigenvalue weighted by molar-refractivity contribution is 7.89. The van der Waals surface area contributed by atoms with Gasteiger partial charge in [0.2, 0.25) is 15.9 Å². The number of para-hydroxylation sites is 2. The van der Waals surface area contributed by atoms with Crippen LogP contribution in [-0.2, 0) is 32.6 Å². The van der Waals surface area contributed by atoms with Gasteiger partial charge in [0.05, 0.1) is 22.5 Å². The van der Waals surface area contributed by atoms with Crippen LogP contribution in [0.2, 0.25) is 0 Å². The quantitative estimate of drug-likeness (QED) is 0.482. The number of ether oxygens (including phenoxy) is 1. The van der Waals surface area contributed by atoms with Gasteiger partial charge in [-0.05, 0) is 49.7 Å². The highest BCUT2D eigenvalue weighted by atomic mass is 32.2. The summed E-state index contributed by atoms with van der Waals surface area (Å²) < 4.78 is 35.4. The number of fused-ring (bicyclic) bond motifs is 1. The molecule has 2 N–H and O–H groups in total. The third-order valence-corrected chi connectivity index (χ3v) is 6.50. The predicted octanol–water partition coefficient (Wildman–Crippen LogP) is 2.16. The number of anilines is 1. The molecule has 10 heteroatoms. The normalized spacial score (nSPS) is 12.7. The molecule has 1 atom stereocenters. The Kier molecular flexibility index (Phi) is 7.49. The second-order valence-electron chi connectivity index (χ2n) is 7.56. The van der Waals surface area contributed by atoms with Crippen LogP contribution in [0.4, 0.5) is 5.69 Å². The lowest BCUT2D eigenvalue weighted by molar-refractivity contribution is -0.116. The zero-order valence-electron chi connectivity index (χ0n) is 18.4. The van der Waals surface area contributed by atoms with Gasteiger partial charge in [-0.15, -0.1) is 0 Å². The molecule has 1 amide bonds. The maximum absolute atomic E-state index is 12.8. The Morgan fingerprint density at radius 2 is 1.69 bits per heavy atom. The van der Waals surface area contributed by atoms with Crippen LogP contribution in [0.15, 0.2) is 58.2 Å². The monoisotopic (exact) mass is 460 g/mol. The molecule has 3 rings (SSSR count). The smallest absolute Gasteiger partial charge is 0.329 e. The van der Waals surface area contributed by atoms with E-state index in [2.05, 4.69) is 10.0 Å². The fourth-order valence-corrected chi connectivity index (χ4v) is 4.77. The second-order valence-corrected chi connectivity index (χ2v) is 9.27. The Labute approximate surface area is 187 Å². The molecule has 0 bridgehead atoms. The Hall–Kier alpha value is -2.95. The maximum atomic E-state index is 12.8. The van der Waals surface area contributed by atoms with Crippen molar-refractivity contribution >= 4 is 32.7 Å². The van der Waals surface area contributed by atoms with Crippen LogP contribution in [0, 0.1) is 0 Å². The highest BCUT2D eigenvalue weighted by Crippen LogP contribution is 2.16. The second kappa shape index (κ2) is 10.1. The zero-order valence-corrected chi connectivity index (χ0v) is 19.2. The van der Waals surface area contributed by atoms with Crippen LogP contribution in [0.3, 0.4) is 0 Å². The SMILES string of the molecule is CCCn1c(=O)n(CC(=O)Nc2ccc(S(=O)(=O)NC(C)COC)cc2)c2ccccc21. The van der Waals surface area contributed by atoms with E-state index in [-0.39, 0.29) is 35.7 Å². The summed E-state index contributed by atoms with van der Waals surface area (Å²) in [5, 5.41) is 2.72. The lowest BCUT2D eigenvalue weighted by Gasteiger charge is -2.13. The lowest BCUT2D eigenvalue weighted by Crippen LogP contribution is -2.35. The van der Waals surface area contributed by atoms with Gasteiger partial charge in [-0.25, -0.2) is 17.9 Å². The third kappa shape index (κ3) is 5.26. The van der Waals surface area contributed by atoms with E-state index in [1.165, 1.54) is 35.9 Å². The number of aromatic nitrogens is 2. The molecular formula is C22H28N4O5S. The molecule has 1 heterocycles. The molecule has 2 aromatic carbocycles. The number of amides is 1. The van der Waals surface area contributed by atoms with Gasteiger partial charge in [0, 0.05) is 25.4 Å². The molecule has 32 heavy (non-hydrogen) atoms. The molecule has 3 aromatic rings. The number of carbonyl (C=O) groups excluding carboxylic acids is 1. The van der Waals surface area contributed by atoms with E-state index in [9.17, 15) is 18.0 Å². The van der Waals surface area contributed by atoms with Crippen LogP contribution in [-0.4, -0.2) is 43.2 Å². The van der Waals surface area contributed by atoms with Gasteiger partial charge in [0.25, 0.3) is 0 Å². The summed E-state index contributed by atoms with van der Waals surface area (Å²) in [5.74, 6) is -0.381. The summed E-state index contributed by atoms with van der Waals surface area (Å²) in [6.45, 7) is 4.37. The summed E-state index contributed by atoms with van der Waals surface area (Å²) in [7, 11) is -2.20. The number of methoxy groups -OCH3 is 1. The first-order valence-electron chi connectivity index (χ1n) is 10.4. The number of sulfonamides is 1. The van der Waals surface area contributed by atoms with E-state index in [1.807, 2.05) is 31.2 Å². The summed E-state index contributed by atoms with van der Waals surface area (Å²) in [6.07, 6.45) is 0.800. The van der Waals surface area contributed by atoms with Gasteiger partial charge in [-0.2, -0.15) is 0 Å². The zero-order chi connectivity index (χ0) is 23.3. The van der Waals surface area contributed by atoms with Gasteiger partial charge in [-0.1, -0.05) is 19.1 Å². The van der Waals surface area contributed by atoms with Crippen LogP contribution < -0.4 is 15.7 Å². The molecule has 0 aliphatic heterocycles. The molecular weight excluding hydrogens is 432 g/mol. The number of imidazole rings is 1. The van der Waals surface area contributed by atoms with Gasteiger partial charge < -0.3 is 10.1 Å². The fourth-order valence-electron chi connectivity index (χ4n) is 3.54. The van der Waals surface area contributed by atoms with E-state index >= 15 is 0 Å². The Balaban J connectivity index is 1.74. The Bertz CT molecular complexity index is 1250. The van der Waals surface area contributed by atoms with E-state index in [0.717, 1.165) is 11.9 Å². The number of hydrogen-bond donors (Lipinski definition) is 2. The number of carbonyl (C=O) groups is 1. The number of benzene rings is 2. The summed E-state index contributed by atoms with van der Waals surface area (Å²) >= 11 is 0. The minimum atomic E-state index is -3.70. The standard InChI is InChI=1S/C22H28N4O5S/c1-4-13-25-19-7-5-6-8-20(19)26(22(25)28)14-21(27)23-17-9-11-18(12-10-17)32(29,30)24-16(2)15-31-3/h5-12,16,24H,4,13-15H2,1-3H3,(H,23,27). The van der Waals surface area contributed by atoms with E-state index in [4.69, 9.17) is 4.74 Å². The Morgan fingerprint density at radius 1 is 1.06 bits per heavy atom. The van der Waals surface area contributed by atoms with Gasteiger partial charge in [0.15, 0.2) is 0 Å². The lowest BCUT2D eigenvalue weighted by atomic mass is 10.3. The highest BCUT2D eigenvalue weighted by Gasteiger charge is 2.18. The molecule has 0 fully saturated rings. The third-order valence-electron chi connectivity index (χ3n) is 4.90. The fraction of sp³-hybridized carbons (Fsp3) is 0.364. The van der Waals surface area contributed by atoms with Crippen molar-refractivity contribution in [3.05, 3.63) is 59.0 Å². The molecule has 0 radical (unpaired) electrons. The maximum Gasteiger partial charge on any atom is 0.329 e. The molecule has 0 aliphatic rings. The summed E-state index contributed by atoms with van der Waals surface area (Å²) in [4.78, 5) is 25.5. The molecule has 0 spiro atoms. The number of nitrogens with one attached hydrogen (secondary N) is 2. The number of aryl methyl sites for hydroxylation is 1. The van der Waals surface area contributed by atoms with Crippen molar-refractivity contribution in [2.45, 2.75) is 44.3 Å². The van der Waals surface area contributed by atoms with Crippen molar-refractivity contribution in [1.29, 1.82) is 0 Å².